The molecule has 18 heavy (non-hydrogen) atoms. The molecule has 1 aromatic carbocycles. The fourth-order valence-electron chi connectivity index (χ4n) is 3.10. The van der Waals surface area contributed by atoms with Crippen molar-refractivity contribution in [2.45, 2.75) is 51.5 Å². The van der Waals surface area contributed by atoms with Crippen LogP contribution in [-0.2, 0) is 6.42 Å². The molecule has 0 saturated heterocycles. The topological polar surface area (TPSA) is 38.0 Å². The van der Waals surface area contributed by atoms with Crippen molar-refractivity contribution in [3.63, 3.8) is 0 Å². The molecule has 2 nitrogen and oxygen atoms in total. The van der Waals surface area contributed by atoms with E-state index in [-0.39, 0.29) is 0 Å². The molecule has 0 amide bonds. The molecule has 3 N–H and O–H groups in total. The van der Waals surface area contributed by atoms with Gasteiger partial charge in [0.05, 0.1) is 0 Å². The van der Waals surface area contributed by atoms with E-state index in [0.29, 0.717) is 11.5 Å². The first-order valence-corrected chi connectivity index (χ1v) is 7.23. The molecule has 0 heterocycles. The van der Waals surface area contributed by atoms with E-state index in [1.54, 1.807) is 0 Å². The largest absolute Gasteiger partial charge is 0.271 e. The average molecular weight is 267 g/mol. The molecule has 1 atom stereocenters. The summed E-state index contributed by atoms with van der Waals surface area (Å²) in [5, 5.41) is 0.845. The highest BCUT2D eigenvalue weighted by molar-refractivity contribution is 6.31. The van der Waals surface area contributed by atoms with Crippen molar-refractivity contribution >= 4 is 11.6 Å². The van der Waals surface area contributed by atoms with Crippen LogP contribution in [-0.4, -0.2) is 6.04 Å². The van der Waals surface area contributed by atoms with Crippen molar-refractivity contribution in [2.24, 2.45) is 11.3 Å². The van der Waals surface area contributed by atoms with Crippen LogP contribution in [0.4, 0.5) is 0 Å². The zero-order valence-corrected chi connectivity index (χ0v) is 11.8. The van der Waals surface area contributed by atoms with Crippen LogP contribution in [0.2, 0.25) is 5.02 Å². The van der Waals surface area contributed by atoms with Gasteiger partial charge in [0.1, 0.15) is 0 Å². The van der Waals surface area contributed by atoms with Crippen molar-refractivity contribution in [1.82, 2.24) is 5.43 Å². The van der Waals surface area contributed by atoms with Gasteiger partial charge in [0.25, 0.3) is 0 Å². The molecule has 0 bridgehead atoms. The molecule has 0 radical (unpaired) electrons. The lowest BCUT2D eigenvalue weighted by Crippen LogP contribution is -2.49. The lowest BCUT2D eigenvalue weighted by Gasteiger charge is -2.40. The maximum Gasteiger partial charge on any atom is 0.0438 e. The Hall–Kier alpha value is -0.570. The second-order valence-corrected chi connectivity index (χ2v) is 6.14. The molecule has 0 aliphatic heterocycles. The number of hydrogen-bond acceptors (Lipinski definition) is 2. The van der Waals surface area contributed by atoms with E-state index in [0.717, 1.165) is 11.4 Å². The third-order valence-corrected chi connectivity index (χ3v) is 4.79. The van der Waals surface area contributed by atoms with Crippen molar-refractivity contribution in [2.75, 3.05) is 0 Å². The second-order valence-electron chi connectivity index (χ2n) is 5.73. The molecule has 0 spiro atoms. The highest BCUT2D eigenvalue weighted by Gasteiger charge is 2.35. The quantitative estimate of drug-likeness (QED) is 0.644. The number of hydrogen-bond donors (Lipinski definition) is 2. The average Bonchev–Trinajstić information content (AvgIpc) is 2.38. The van der Waals surface area contributed by atoms with Crippen molar-refractivity contribution in [1.29, 1.82) is 0 Å². The van der Waals surface area contributed by atoms with Gasteiger partial charge in [-0.05, 0) is 36.3 Å². The summed E-state index contributed by atoms with van der Waals surface area (Å²) in [4.78, 5) is 0. The monoisotopic (exact) mass is 266 g/mol. The maximum absolute atomic E-state index is 6.24. The van der Waals surface area contributed by atoms with Gasteiger partial charge in [-0.1, -0.05) is 56.0 Å². The number of benzene rings is 1. The SMILES string of the molecule is CC1(C(Cc2ccccc2Cl)NN)CCCCC1. The minimum absolute atomic E-state index is 0.298. The van der Waals surface area contributed by atoms with Crippen LogP contribution >= 0.6 is 11.6 Å². The van der Waals surface area contributed by atoms with Gasteiger partial charge in [0.15, 0.2) is 0 Å². The fourth-order valence-corrected chi connectivity index (χ4v) is 3.31. The molecule has 1 unspecified atom stereocenters. The Labute approximate surface area is 115 Å². The summed E-state index contributed by atoms with van der Waals surface area (Å²) in [5.74, 6) is 5.79. The Kier molecular flexibility index (Phi) is 4.66. The lowest BCUT2D eigenvalue weighted by molar-refractivity contribution is 0.144. The van der Waals surface area contributed by atoms with E-state index >= 15 is 0 Å². The Morgan fingerprint density at radius 2 is 1.94 bits per heavy atom. The number of nitrogens with one attached hydrogen (secondary N) is 1. The standard InChI is InChI=1S/C15H23ClN2/c1-15(9-5-2-6-10-15)14(18-17)11-12-7-3-4-8-13(12)16/h3-4,7-8,14,18H,2,5-6,9-11,17H2,1H3. The zero-order chi connectivity index (χ0) is 13.0. The molecule has 1 aliphatic rings. The minimum atomic E-state index is 0.298. The number of rotatable bonds is 4. The number of nitrogens with two attached hydrogens (primary N) is 1. The molecular weight excluding hydrogens is 244 g/mol. The Morgan fingerprint density at radius 1 is 1.28 bits per heavy atom. The summed E-state index contributed by atoms with van der Waals surface area (Å²) in [6.45, 7) is 2.35. The first kappa shape index (κ1) is 13.9. The van der Waals surface area contributed by atoms with Crippen LogP contribution in [0.25, 0.3) is 0 Å². The first-order chi connectivity index (χ1) is 8.65. The molecule has 1 fully saturated rings. The summed E-state index contributed by atoms with van der Waals surface area (Å²) in [6, 6.07) is 8.36. The molecule has 100 valence electrons. The molecule has 1 aromatic rings. The fraction of sp³-hybridized carbons (Fsp3) is 0.600. The Morgan fingerprint density at radius 3 is 2.56 bits per heavy atom. The van der Waals surface area contributed by atoms with Crippen molar-refractivity contribution in [3.8, 4) is 0 Å². The van der Waals surface area contributed by atoms with Crippen LogP contribution < -0.4 is 11.3 Å². The number of hydrazine groups is 1. The Balaban J connectivity index is 2.11. The predicted molar refractivity (Wildman–Crippen MR) is 77.5 cm³/mol. The zero-order valence-electron chi connectivity index (χ0n) is 11.1. The van der Waals surface area contributed by atoms with Crippen LogP contribution in [0.3, 0.4) is 0 Å². The molecule has 1 aliphatic carbocycles. The minimum Gasteiger partial charge on any atom is -0.271 e. The van der Waals surface area contributed by atoms with Gasteiger partial charge in [-0.2, -0.15) is 0 Å². The van der Waals surface area contributed by atoms with Crippen LogP contribution in [0.5, 0.6) is 0 Å². The summed E-state index contributed by atoms with van der Waals surface area (Å²) in [6.07, 6.45) is 7.42. The van der Waals surface area contributed by atoms with Crippen LogP contribution in [0.1, 0.15) is 44.6 Å². The van der Waals surface area contributed by atoms with Gasteiger partial charge < -0.3 is 0 Å². The van der Waals surface area contributed by atoms with E-state index in [9.17, 15) is 0 Å². The second kappa shape index (κ2) is 6.05. The summed E-state index contributed by atoms with van der Waals surface area (Å²) in [7, 11) is 0. The summed E-state index contributed by atoms with van der Waals surface area (Å²) >= 11 is 6.24. The van der Waals surface area contributed by atoms with Crippen LogP contribution in [0.15, 0.2) is 24.3 Å². The van der Waals surface area contributed by atoms with E-state index in [1.807, 2.05) is 18.2 Å². The molecule has 0 aromatic heterocycles. The van der Waals surface area contributed by atoms with Gasteiger partial charge in [-0.15, -0.1) is 0 Å². The normalized spacial score (nSPS) is 20.6. The Bertz CT molecular complexity index is 386. The third kappa shape index (κ3) is 3.05. The summed E-state index contributed by atoms with van der Waals surface area (Å²) in [5.41, 5.74) is 4.52. The van der Waals surface area contributed by atoms with E-state index in [4.69, 9.17) is 17.4 Å². The molecule has 3 heteroatoms. The van der Waals surface area contributed by atoms with Crippen molar-refractivity contribution < 1.29 is 0 Å². The lowest BCUT2D eigenvalue weighted by atomic mass is 9.69. The first-order valence-electron chi connectivity index (χ1n) is 6.85. The smallest absolute Gasteiger partial charge is 0.0438 e. The van der Waals surface area contributed by atoms with Crippen LogP contribution in [0, 0.1) is 5.41 Å². The number of halogens is 1. The predicted octanol–water partition coefficient (Wildman–Crippen LogP) is 3.68. The molecule has 1 saturated carbocycles. The van der Waals surface area contributed by atoms with E-state index in [1.165, 1.54) is 37.7 Å². The maximum atomic E-state index is 6.24. The molecule has 2 rings (SSSR count). The highest BCUT2D eigenvalue weighted by Crippen LogP contribution is 2.40. The highest BCUT2D eigenvalue weighted by atomic mass is 35.5. The van der Waals surface area contributed by atoms with Gasteiger partial charge in [0, 0.05) is 11.1 Å². The van der Waals surface area contributed by atoms with Gasteiger partial charge in [0.2, 0.25) is 0 Å². The van der Waals surface area contributed by atoms with E-state index < -0.39 is 0 Å². The van der Waals surface area contributed by atoms with Gasteiger partial charge >= 0.3 is 0 Å². The molecular formula is C15H23ClN2. The van der Waals surface area contributed by atoms with Gasteiger partial charge in [-0.3, -0.25) is 11.3 Å². The van der Waals surface area contributed by atoms with Gasteiger partial charge in [-0.25, -0.2) is 0 Å². The van der Waals surface area contributed by atoms with Crippen molar-refractivity contribution in [3.05, 3.63) is 34.9 Å². The van der Waals surface area contributed by atoms with E-state index in [2.05, 4.69) is 18.4 Å². The third-order valence-electron chi connectivity index (χ3n) is 4.42. The summed E-state index contributed by atoms with van der Waals surface area (Å²) < 4.78 is 0.